The molecule has 0 aliphatic carbocycles. The van der Waals surface area contributed by atoms with Crippen LogP contribution >= 0.6 is 11.6 Å². The minimum atomic E-state index is -0.156. The molecule has 0 aliphatic rings. The van der Waals surface area contributed by atoms with Crippen LogP contribution in [0.2, 0.25) is 5.02 Å². The Labute approximate surface area is 111 Å². The second-order valence-corrected chi connectivity index (χ2v) is 3.94. The predicted molar refractivity (Wildman–Crippen MR) is 71.4 cm³/mol. The number of methoxy groups -OCH3 is 1. The Morgan fingerprint density at radius 3 is 2.83 bits per heavy atom. The topological polar surface area (TPSA) is 59.6 Å². The van der Waals surface area contributed by atoms with Crippen molar-refractivity contribution in [1.29, 1.82) is 0 Å². The normalized spacial score (nSPS) is 10.2. The molecule has 0 heterocycles. The van der Waals surface area contributed by atoms with Crippen LogP contribution in [0, 0.1) is 0 Å². The number of carbonyl (C=O) groups is 1. The van der Waals surface area contributed by atoms with Crippen LogP contribution in [0.25, 0.3) is 0 Å². The molecule has 2 N–H and O–H groups in total. The van der Waals surface area contributed by atoms with Gasteiger partial charge in [-0.3, -0.25) is 4.79 Å². The van der Waals surface area contributed by atoms with E-state index in [9.17, 15) is 4.79 Å². The molecule has 0 unspecified atom stereocenters. The Hall–Kier alpha value is -1.30. The van der Waals surface area contributed by atoms with Crippen molar-refractivity contribution in [2.75, 3.05) is 39.2 Å². The van der Waals surface area contributed by atoms with Crippen molar-refractivity contribution in [3.05, 3.63) is 23.2 Å². The molecule has 0 aliphatic heterocycles. The van der Waals surface area contributed by atoms with Crippen LogP contribution in [0.4, 0.5) is 5.69 Å². The lowest BCUT2D eigenvalue weighted by Crippen LogP contribution is -2.25. The summed E-state index contributed by atoms with van der Waals surface area (Å²) in [4.78, 5) is 11.5. The number of amides is 1. The number of anilines is 1. The first-order valence-electron chi connectivity index (χ1n) is 5.53. The molecule has 18 heavy (non-hydrogen) atoms. The van der Waals surface area contributed by atoms with E-state index in [1.807, 2.05) is 0 Å². The zero-order valence-corrected chi connectivity index (χ0v) is 11.2. The van der Waals surface area contributed by atoms with Crippen LogP contribution in [0.1, 0.15) is 0 Å². The number of carbonyl (C=O) groups excluding carboxylic acids is 1. The SMILES string of the molecule is CNCC(=O)Nc1cccc(Cl)c1OCCOC. The van der Waals surface area contributed by atoms with Crippen LogP contribution in [0.15, 0.2) is 18.2 Å². The fourth-order valence-corrected chi connectivity index (χ4v) is 1.57. The second kappa shape index (κ2) is 7.92. The zero-order chi connectivity index (χ0) is 13.4. The molecule has 1 aromatic rings. The summed E-state index contributed by atoms with van der Waals surface area (Å²) in [6, 6.07) is 5.19. The average molecular weight is 273 g/mol. The van der Waals surface area contributed by atoms with Gasteiger partial charge < -0.3 is 20.1 Å². The number of ether oxygens (including phenoxy) is 2. The standard InChI is InChI=1S/C12H17ClN2O3/c1-14-8-11(16)15-10-5-3-4-9(13)12(10)18-7-6-17-2/h3-5,14H,6-8H2,1-2H3,(H,15,16). The highest BCUT2D eigenvalue weighted by Gasteiger charge is 2.10. The van der Waals surface area contributed by atoms with E-state index in [2.05, 4.69) is 10.6 Å². The molecule has 5 nitrogen and oxygen atoms in total. The van der Waals surface area contributed by atoms with Gasteiger partial charge in [-0.2, -0.15) is 0 Å². The molecular formula is C12H17ClN2O3. The maximum Gasteiger partial charge on any atom is 0.238 e. The number of benzene rings is 1. The van der Waals surface area contributed by atoms with Gasteiger partial charge in [-0.05, 0) is 19.2 Å². The third-order valence-electron chi connectivity index (χ3n) is 2.11. The first-order valence-corrected chi connectivity index (χ1v) is 5.91. The zero-order valence-electron chi connectivity index (χ0n) is 10.5. The summed E-state index contributed by atoms with van der Waals surface area (Å²) in [5, 5.41) is 5.95. The van der Waals surface area contributed by atoms with E-state index in [0.29, 0.717) is 29.7 Å². The highest BCUT2D eigenvalue weighted by atomic mass is 35.5. The maximum absolute atomic E-state index is 11.5. The summed E-state index contributed by atoms with van der Waals surface area (Å²) in [7, 11) is 3.29. The number of hydrogen-bond donors (Lipinski definition) is 2. The van der Waals surface area contributed by atoms with Crippen LogP contribution in [0.3, 0.4) is 0 Å². The predicted octanol–water partition coefficient (Wildman–Crippen LogP) is 1.52. The van der Waals surface area contributed by atoms with Crippen molar-refractivity contribution in [2.45, 2.75) is 0 Å². The average Bonchev–Trinajstić information content (AvgIpc) is 2.33. The Balaban J connectivity index is 2.76. The first kappa shape index (κ1) is 14.8. The van der Waals surface area contributed by atoms with Gasteiger partial charge in [0.1, 0.15) is 6.61 Å². The molecule has 1 aromatic carbocycles. The van der Waals surface area contributed by atoms with Gasteiger partial charge >= 0.3 is 0 Å². The number of hydrogen-bond acceptors (Lipinski definition) is 4. The molecule has 6 heteroatoms. The van der Waals surface area contributed by atoms with Gasteiger partial charge in [-0.25, -0.2) is 0 Å². The molecule has 1 amide bonds. The smallest absolute Gasteiger partial charge is 0.238 e. The third-order valence-corrected chi connectivity index (χ3v) is 2.41. The van der Waals surface area contributed by atoms with E-state index in [-0.39, 0.29) is 12.5 Å². The van der Waals surface area contributed by atoms with Gasteiger partial charge in [0.25, 0.3) is 0 Å². The summed E-state index contributed by atoms with van der Waals surface area (Å²) >= 11 is 6.04. The van der Waals surface area contributed by atoms with Crippen molar-refractivity contribution in [3.8, 4) is 5.75 Å². The lowest BCUT2D eigenvalue weighted by molar-refractivity contribution is -0.115. The van der Waals surface area contributed by atoms with E-state index < -0.39 is 0 Å². The molecule has 0 atom stereocenters. The van der Waals surface area contributed by atoms with Crippen molar-refractivity contribution >= 4 is 23.2 Å². The Kier molecular flexibility index (Phi) is 6.49. The lowest BCUT2D eigenvalue weighted by atomic mass is 10.3. The van der Waals surface area contributed by atoms with Crippen molar-refractivity contribution < 1.29 is 14.3 Å². The van der Waals surface area contributed by atoms with Crippen molar-refractivity contribution in [2.24, 2.45) is 0 Å². The fraction of sp³-hybridized carbons (Fsp3) is 0.417. The Morgan fingerprint density at radius 2 is 2.17 bits per heavy atom. The summed E-state index contributed by atoms with van der Waals surface area (Å²) in [5.41, 5.74) is 0.554. The number of likely N-dealkylation sites (N-methyl/N-ethyl adjacent to an activating group) is 1. The highest BCUT2D eigenvalue weighted by Crippen LogP contribution is 2.32. The largest absolute Gasteiger partial charge is 0.487 e. The molecule has 100 valence electrons. The Bertz CT molecular complexity index is 399. The van der Waals surface area contributed by atoms with Gasteiger partial charge in [0.2, 0.25) is 5.91 Å². The summed E-state index contributed by atoms with van der Waals surface area (Å²) in [6.45, 7) is 1.05. The van der Waals surface area contributed by atoms with Crippen molar-refractivity contribution in [3.63, 3.8) is 0 Å². The number of para-hydroxylation sites is 1. The highest BCUT2D eigenvalue weighted by molar-refractivity contribution is 6.32. The molecule has 0 bridgehead atoms. The number of nitrogens with one attached hydrogen (secondary N) is 2. The maximum atomic E-state index is 11.5. The molecule has 0 saturated heterocycles. The Morgan fingerprint density at radius 1 is 1.39 bits per heavy atom. The van der Waals surface area contributed by atoms with E-state index >= 15 is 0 Å². The fourth-order valence-electron chi connectivity index (χ4n) is 1.34. The summed E-state index contributed by atoms with van der Waals surface area (Å²) in [6.07, 6.45) is 0. The molecule has 0 saturated carbocycles. The van der Waals surface area contributed by atoms with Gasteiger partial charge in [0, 0.05) is 7.11 Å². The molecular weight excluding hydrogens is 256 g/mol. The first-order chi connectivity index (χ1) is 8.69. The van der Waals surface area contributed by atoms with E-state index in [1.54, 1.807) is 32.4 Å². The van der Waals surface area contributed by atoms with Crippen molar-refractivity contribution in [1.82, 2.24) is 5.32 Å². The third kappa shape index (κ3) is 4.52. The number of rotatable bonds is 7. The summed E-state index contributed by atoms with van der Waals surface area (Å²) < 4.78 is 10.4. The van der Waals surface area contributed by atoms with Gasteiger partial charge in [-0.15, -0.1) is 0 Å². The van der Waals surface area contributed by atoms with Gasteiger partial charge in [0.15, 0.2) is 5.75 Å². The van der Waals surface area contributed by atoms with E-state index in [4.69, 9.17) is 21.1 Å². The minimum Gasteiger partial charge on any atom is -0.487 e. The molecule has 0 aromatic heterocycles. The monoisotopic (exact) mass is 272 g/mol. The van der Waals surface area contributed by atoms with Crippen LogP contribution in [-0.4, -0.2) is 39.8 Å². The molecule has 0 spiro atoms. The number of halogens is 1. The van der Waals surface area contributed by atoms with Crippen LogP contribution < -0.4 is 15.4 Å². The summed E-state index contributed by atoms with van der Waals surface area (Å²) in [5.74, 6) is 0.303. The van der Waals surface area contributed by atoms with E-state index in [0.717, 1.165) is 0 Å². The van der Waals surface area contributed by atoms with Gasteiger partial charge in [0.05, 0.1) is 23.9 Å². The van der Waals surface area contributed by atoms with Gasteiger partial charge in [-0.1, -0.05) is 17.7 Å². The van der Waals surface area contributed by atoms with E-state index in [1.165, 1.54) is 0 Å². The molecule has 0 fully saturated rings. The lowest BCUT2D eigenvalue weighted by Gasteiger charge is -2.13. The second-order valence-electron chi connectivity index (χ2n) is 3.54. The molecule has 0 radical (unpaired) electrons. The minimum absolute atomic E-state index is 0.156. The van der Waals surface area contributed by atoms with Crippen LogP contribution in [-0.2, 0) is 9.53 Å². The quantitative estimate of drug-likeness (QED) is 0.739. The van der Waals surface area contributed by atoms with Crippen LogP contribution in [0.5, 0.6) is 5.75 Å². The molecule has 1 rings (SSSR count).